The zero-order chi connectivity index (χ0) is 15.4. The van der Waals surface area contributed by atoms with E-state index >= 15 is 0 Å². The number of hydrogen-bond acceptors (Lipinski definition) is 4. The van der Waals surface area contributed by atoms with Crippen molar-refractivity contribution in [1.29, 1.82) is 0 Å². The van der Waals surface area contributed by atoms with Crippen LogP contribution in [0.1, 0.15) is 30.3 Å². The molecule has 112 valence electrons. The van der Waals surface area contributed by atoms with E-state index < -0.39 is 0 Å². The van der Waals surface area contributed by atoms with Gasteiger partial charge in [0, 0.05) is 30.3 Å². The molecule has 0 saturated heterocycles. The Bertz CT molecular complexity index is 700. The van der Waals surface area contributed by atoms with Crippen LogP contribution in [0.4, 0.5) is 5.88 Å². The smallest absolute Gasteiger partial charge is 0.250 e. The number of carbonyl (C=O) groups excluding carboxylic acids is 1. The highest BCUT2D eigenvalue weighted by Gasteiger charge is 2.13. The summed E-state index contributed by atoms with van der Waals surface area (Å²) in [5, 5.41) is 6.58. The number of pyridine rings is 1. The number of anilines is 1. The van der Waals surface area contributed by atoms with Gasteiger partial charge in [0.15, 0.2) is 0 Å². The van der Waals surface area contributed by atoms with E-state index in [4.69, 9.17) is 4.52 Å². The van der Waals surface area contributed by atoms with Gasteiger partial charge < -0.3 is 9.09 Å². The zero-order valence-corrected chi connectivity index (χ0v) is 12.5. The summed E-state index contributed by atoms with van der Waals surface area (Å²) in [5.74, 6) is 0.182. The monoisotopic (exact) mass is 289 g/mol. The third-order valence-corrected chi connectivity index (χ3v) is 3.44. The second kappa shape index (κ2) is 6.39. The van der Waals surface area contributed by atoms with Crippen molar-refractivity contribution in [3.05, 3.63) is 45.5 Å². The summed E-state index contributed by atoms with van der Waals surface area (Å²) < 4.78 is 6.68. The topological polar surface area (TPSA) is 77.1 Å². The Morgan fingerprint density at radius 3 is 2.76 bits per heavy atom. The molecule has 2 heterocycles. The van der Waals surface area contributed by atoms with Crippen LogP contribution in [0.2, 0.25) is 0 Å². The van der Waals surface area contributed by atoms with Crippen molar-refractivity contribution in [2.24, 2.45) is 0 Å². The van der Waals surface area contributed by atoms with E-state index in [2.05, 4.69) is 10.5 Å². The number of nitrogens with one attached hydrogen (secondary N) is 1. The number of aromatic nitrogens is 2. The molecule has 0 aliphatic heterocycles. The Kier molecular flexibility index (Phi) is 4.57. The summed E-state index contributed by atoms with van der Waals surface area (Å²) in [5.41, 5.74) is 2.41. The molecule has 0 unspecified atom stereocenters. The van der Waals surface area contributed by atoms with E-state index in [1.807, 2.05) is 26.8 Å². The molecule has 2 rings (SSSR count). The predicted molar refractivity (Wildman–Crippen MR) is 79.3 cm³/mol. The van der Waals surface area contributed by atoms with Crippen LogP contribution in [0.3, 0.4) is 0 Å². The van der Waals surface area contributed by atoms with Crippen molar-refractivity contribution < 1.29 is 9.32 Å². The van der Waals surface area contributed by atoms with E-state index in [-0.39, 0.29) is 17.9 Å². The summed E-state index contributed by atoms with van der Waals surface area (Å²) in [6, 6.07) is 5.03. The Labute approximate surface area is 122 Å². The van der Waals surface area contributed by atoms with Gasteiger partial charge >= 0.3 is 0 Å². The van der Waals surface area contributed by atoms with Crippen LogP contribution >= 0.6 is 0 Å². The van der Waals surface area contributed by atoms with Crippen LogP contribution in [0.25, 0.3) is 0 Å². The van der Waals surface area contributed by atoms with Crippen LogP contribution in [-0.4, -0.2) is 15.6 Å². The molecular weight excluding hydrogens is 270 g/mol. The van der Waals surface area contributed by atoms with Crippen LogP contribution in [0, 0.1) is 13.8 Å². The molecule has 0 radical (unpaired) electrons. The maximum atomic E-state index is 11.9. The Morgan fingerprint density at radius 2 is 2.14 bits per heavy atom. The Morgan fingerprint density at radius 1 is 1.38 bits per heavy atom. The fourth-order valence-electron chi connectivity index (χ4n) is 2.13. The molecule has 0 atom stereocenters. The number of aryl methyl sites for hydroxylation is 2. The van der Waals surface area contributed by atoms with E-state index in [0.29, 0.717) is 12.4 Å². The van der Waals surface area contributed by atoms with Gasteiger partial charge in [0.1, 0.15) is 0 Å². The third kappa shape index (κ3) is 3.39. The fraction of sp³-hybridized carbons (Fsp3) is 0.400. The Hall–Kier alpha value is -2.37. The molecular formula is C15H19N3O3. The lowest BCUT2D eigenvalue weighted by Crippen LogP contribution is -2.24. The minimum Gasteiger partial charge on any atom is -0.338 e. The molecule has 6 nitrogen and oxygen atoms in total. The number of amides is 1. The van der Waals surface area contributed by atoms with Crippen LogP contribution in [0.15, 0.2) is 27.5 Å². The number of carbonyl (C=O) groups is 1. The summed E-state index contributed by atoms with van der Waals surface area (Å²) >= 11 is 0. The predicted octanol–water partition coefficient (Wildman–Crippen LogP) is 2.04. The summed E-state index contributed by atoms with van der Waals surface area (Å²) in [7, 11) is 0. The zero-order valence-electron chi connectivity index (χ0n) is 12.5. The maximum Gasteiger partial charge on any atom is 0.250 e. The molecule has 6 heteroatoms. The highest BCUT2D eigenvalue weighted by Crippen LogP contribution is 2.18. The van der Waals surface area contributed by atoms with Crippen molar-refractivity contribution in [3.63, 3.8) is 0 Å². The fourth-order valence-corrected chi connectivity index (χ4v) is 2.13. The number of nitrogens with zero attached hydrogens (tertiary/aromatic N) is 2. The molecule has 0 spiro atoms. The molecule has 21 heavy (non-hydrogen) atoms. The van der Waals surface area contributed by atoms with Crippen molar-refractivity contribution in [3.8, 4) is 0 Å². The van der Waals surface area contributed by atoms with Crippen molar-refractivity contribution >= 4 is 11.8 Å². The van der Waals surface area contributed by atoms with E-state index in [9.17, 15) is 9.59 Å². The highest BCUT2D eigenvalue weighted by molar-refractivity contribution is 5.89. The van der Waals surface area contributed by atoms with Gasteiger partial charge in [-0.1, -0.05) is 18.1 Å². The first-order valence-electron chi connectivity index (χ1n) is 6.94. The third-order valence-electron chi connectivity index (χ3n) is 3.44. The van der Waals surface area contributed by atoms with Gasteiger partial charge in [-0.25, -0.2) is 0 Å². The molecule has 0 aliphatic rings. The second-order valence-corrected chi connectivity index (χ2v) is 4.89. The average Bonchev–Trinajstić information content (AvgIpc) is 2.79. The van der Waals surface area contributed by atoms with E-state index in [1.165, 1.54) is 6.07 Å². The lowest BCUT2D eigenvalue weighted by Gasteiger charge is -2.08. The SMILES string of the molecule is CCc1noc(NC(=O)CCn2c(C)cccc2=O)c1C. The minimum atomic E-state index is -0.202. The van der Waals surface area contributed by atoms with Gasteiger partial charge in [0.05, 0.1) is 5.69 Å². The first kappa shape index (κ1) is 15.0. The molecule has 1 N–H and O–H groups in total. The summed E-state index contributed by atoms with van der Waals surface area (Å²) in [6.45, 7) is 6.01. The van der Waals surface area contributed by atoms with Gasteiger partial charge in [-0.15, -0.1) is 0 Å². The molecule has 0 aromatic carbocycles. The van der Waals surface area contributed by atoms with Gasteiger partial charge in [-0.2, -0.15) is 0 Å². The van der Waals surface area contributed by atoms with Crippen molar-refractivity contribution in [2.75, 3.05) is 5.32 Å². The second-order valence-electron chi connectivity index (χ2n) is 4.89. The average molecular weight is 289 g/mol. The normalized spacial score (nSPS) is 10.6. The molecule has 1 amide bonds. The summed E-state index contributed by atoms with van der Waals surface area (Å²) in [6.07, 6.45) is 0.955. The van der Waals surface area contributed by atoms with Crippen LogP contribution in [-0.2, 0) is 17.8 Å². The quantitative estimate of drug-likeness (QED) is 0.913. The lowest BCUT2D eigenvalue weighted by molar-refractivity contribution is -0.116. The first-order valence-corrected chi connectivity index (χ1v) is 6.94. The Balaban J connectivity index is 1.99. The van der Waals surface area contributed by atoms with Crippen LogP contribution < -0.4 is 10.9 Å². The highest BCUT2D eigenvalue weighted by atomic mass is 16.5. The van der Waals surface area contributed by atoms with Gasteiger partial charge in [-0.05, 0) is 26.3 Å². The largest absolute Gasteiger partial charge is 0.338 e. The van der Waals surface area contributed by atoms with Gasteiger partial charge in [0.25, 0.3) is 5.56 Å². The minimum absolute atomic E-state index is 0.105. The molecule has 0 fully saturated rings. The molecule has 0 aliphatic carbocycles. The number of hydrogen-bond donors (Lipinski definition) is 1. The molecule has 2 aromatic heterocycles. The van der Waals surface area contributed by atoms with Gasteiger partial charge in [0.2, 0.25) is 11.8 Å². The summed E-state index contributed by atoms with van der Waals surface area (Å²) in [4.78, 5) is 23.7. The lowest BCUT2D eigenvalue weighted by atomic mass is 10.2. The molecule has 2 aromatic rings. The van der Waals surface area contributed by atoms with Crippen molar-refractivity contribution in [2.45, 2.75) is 40.2 Å². The van der Waals surface area contributed by atoms with E-state index in [1.54, 1.807) is 10.6 Å². The molecule has 0 bridgehead atoms. The maximum absolute atomic E-state index is 11.9. The van der Waals surface area contributed by atoms with Crippen molar-refractivity contribution in [1.82, 2.24) is 9.72 Å². The number of rotatable bonds is 5. The standard InChI is InChI=1S/C15H19N3O3/c1-4-12-11(3)15(21-17-12)16-13(19)8-9-18-10(2)6-5-7-14(18)20/h5-7H,4,8-9H2,1-3H3,(H,16,19). The van der Waals surface area contributed by atoms with Gasteiger partial charge in [-0.3, -0.25) is 14.9 Å². The first-order chi connectivity index (χ1) is 10.0. The van der Waals surface area contributed by atoms with E-state index in [0.717, 1.165) is 23.4 Å². The molecule has 0 saturated carbocycles. The van der Waals surface area contributed by atoms with Crippen LogP contribution in [0.5, 0.6) is 0 Å².